The summed E-state index contributed by atoms with van der Waals surface area (Å²) in [6, 6.07) is 18.7. The van der Waals surface area contributed by atoms with Gasteiger partial charge in [-0.3, -0.25) is 4.90 Å². The molecule has 1 heterocycles. The highest BCUT2D eigenvalue weighted by Crippen LogP contribution is 2.30. The van der Waals surface area contributed by atoms with Gasteiger partial charge in [0.15, 0.2) is 11.6 Å². The van der Waals surface area contributed by atoms with Crippen LogP contribution in [0.25, 0.3) is 0 Å². The summed E-state index contributed by atoms with van der Waals surface area (Å²) in [4.78, 5) is 4.18. The number of hydrogen-bond donors (Lipinski definition) is 0. The fraction of sp³-hybridized carbons (Fsp3) is 0.368. The van der Waals surface area contributed by atoms with Gasteiger partial charge in [0.25, 0.3) is 0 Å². The molecule has 0 saturated heterocycles. The van der Waals surface area contributed by atoms with Crippen LogP contribution in [-0.4, -0.2) is 44.5 Å². The molecule has 0 N–H and O–H groups in total. The highest BCUT2D eigenvalue weighted by atomic mass is 15.2. The van der Waals surface area contributed by atoms with Crippen LogP contribution in [0.2, 0.25) is 0 Å². The van der Waals surface area contributed by atoms with Crippen molar-refractivity contribution < 1.29 is 4.57 Å². The van der Waals surface area contributed by atoms with Crippen LogP contribution in [0, 0.1) is 11.3 Å². The van der Waals surface area contributed by atoms with E-state index in [9.17, 15) is 5.26 Å². The zero-order valence-corrected chi connectivity index (χ0v) is 14.4. The second kappa shape index (κ2) is 7.36. The first-order chi connectivity index (χ1) is 11.0. The molecule has 0 saturated carbocycles. The Balaban J connectivity index is 2.66. The van der Waals surface area contributed by atoms with Gasteiger partial charge in [0, 0.05) is 18.7 Å². The summed E-state index contributed by atoms with van der Waals surface area (Å²) in [5.41, 5.74) is 1.33. The van der Waals surface area contributed by atoms with Crippen molar-refractivity contribution in [2.45, 2.75) is 12.1 Å². The van der Waals surface area contributed by atoms with Crippen molar-refractivity contribution in [1.29, 1.82) is 5.26 Å². The van der Waals surface area contributed by atoms with Gasteiger partial charge in [-0.05, 0) is 33.8 Å². The Hall–Kier alpha value is -2.22. The number of aromatic nitrogens is 1. The summed E-state index contributed by atoms with van der Waals surface area (Å²) in [6.07, 6.45) is 2.04. The van der Waals surface area contributed by atoms with Crippen LogP contribution in [0.4, 0.5) is 0 Å². The number of hydrogen-bond acceptors (Lipinski definition) is 3. The van der Waals surface area contributed by atoms with E-state index in [2.05, 4.69) is 26.5 Å². The number of pyridine rings is 1. The summed E-state index contributed by atoms with van der Waals surface area (Å²) in [5, 5.41) is 10.2. The molecule has 0 aliphatic rings. The van der Waals surface area contributed by atoms with Gasteiger partial charge in [-0.25, -0.2) is 0 Å². The number of nitriles is 1. The van der Waals surface area contributed by atoms with Gasteiger partial charge >= 0.3 is 0 Å². The molecule has 2 rings (SSSR count). The summed E-state index contributed by atoms with van der Waals surface area (Å²) in [5.74, 6) is 0. The molecule has 0 aliphatic carbocycles. The van der Waals surface area contributed by atoms with Crippen molar-refractivity contribution >= 4 is 0 Å². The smallest absolute Gasteiger partial charge is 0.208 e. The third-order valence-corrected chi connectivity index (χ3v) is 3.82. The van der Waals surface area contributed by atoms with E-state index in [0.29, 0.717) is 6.54 Å². The lowest BCUT2D eigenvalue weighted by atomic mass is 9.77. The molecule has 4 heteroatoms. The van der Waals surface area contributed by atoms with Crippen molar-refractivity contribution in [3.05, 3.63) is 66.0 Å². The molecule has 1 unspecified atom stereocenters. The van der Waals surface area contributed by atoms with Crippen LogP contribution in [0.5, 0.6) is 0 Å². The molecule has 0 aliphatic heterocycles. The maximum atomic E-state index is 10.2. The summed E-state index contributed by atoms with van der Waals surface area (Å²) in [7, 11) is 8.08. The number of likely N-dealkylation sites (N-methyl/N-ethyl adjacent to an activating group) is 1. The molecular weight excluding hydrogens is 284 g/mol. The van der Waals surface area contributed by atoms with E-state index in [1.807, 2.05) is 76.9 Å². The highest BCUT2D eigenvalue weighted by Gasteiger charge is 2.42. The number of benzene rings is 1. The van der Waals surface area contributed by atoms with Gasteiger partial charge < -0.3 is 4.90 Å². The molecule has 120 valence electrons. The third-order valence-electron chi connectivity index (χ3n) is 3.82. The molecular formula is C19H25N4+. The van der Waals surface area contributed by atoms with Crippen molar-refractivity contribution in [1.82, 2.24) is 9.80 Å². The Kier molecular flexibility index (Phi) is 5.49. The van der Waals surface area contributed by atoms with Gasteiger partial charge in [-0.1, -0.05) is 36.4 Å². The first kappa shape index (κ1) is 17.1. The average molecular weight is 309 g/mol. The van der Waals surface area contributed by atoms with E-state index in [1.165, 1.54) is 0 Å². The quantitative estimate of drug-likeness (QED) is 0.764. The fourth-order valence-corrected chi connectivity index (χ4v) is 2.97. The molecule has 0 bridgehead atoms. The molecule has 0 spiro atoms. The fourth-order valence-electron chi connectivity index (χ4n) is 2.97. The summed E-state index contributed by atoms with van der Waals surface area (Å²) >= 11 is 0. The van der Waals surface area contributed by atoms with Gasteiger partial charge in [0.1, 0.15) is 0 Å². The Morgan fingerprint density at radius 1 is 0.957 bits per heavy atom. The van der Waals surface area contributed by atoms with Crippen LogP contribution in [-0.2, 0) is 12.1 Å². The molecule has 1 atom stereocenters. The lowest BCUT2D eigenvalue weighted by Gasteiger charge is -2.28. The highest BCUT2D eigenvalue weighted by molar-refractivity contribution is 5.42. The Morgan fingerprint density at radius 2 is 1.61 bits per heavy atom. The molecule has 2 aromatic rings. The minimum Gasteiger partial charge on any atom is -0.307 e. The van der Waals surface area contributed by atoms with Crippen LogP contribution in [0.1, 0.15) is 11.3 Å². The van der Waals surface area contributed by atoms with E-state index in [1.54, 1.807) is 0 Å². The van der Waals surface area contributed by atoms with Crippen LogP contribution < -0.4 is 4.57 Å². The first-order valence-electron chi connectivity index (χ1n) is 7.75. The third kappa shape index (κ3) is 3.76. The second-order valence-corrected chi connectivity index (χ2v) is 6.40. The van der Waals surface area contributed by atoms with Crippen molar-refractivity contribution in [2.24, 2.45) is 0 Å². The van der Waals surface area contributed by atoms with E-state index >= 15 is 0 Å². The zero-order valence-electron chi connectivity index (χ0n) is 14.4. The number of nitrogens with zero attached hydrogens (tertiary/aromatic N) is 4. The molecule has 0 radical (unpaired) electrons. The Morgan fingerprint density at radius 3 is 2.17 bits per heavy atom. The minimum atomic E-state index is -0.706. The zero-order chi connectivity index (χ0) is 16.9. The van der Waals surface area contributed by atoms with Crippen molar-refractivity contribution in [2.75, 3.05) is 34.7 Å². The largest absolute Gasteiger partial charge is 0.307 e. The van der Waals surface area contributed by atoms with Crippen LogP contribution in [0.15, 0.2) is 54.7 Å². The van der Waals surface area contributed by atoms with E-state index < -0.39 is 5.41 Å². The average Bonchev–Trinajstić information content (AvgIpc) is 2.53. The van der Waals surface area contributed by atoms with Crippen LogP contribution >= 0.6 is 0 Å². The molecule has 4 nitrogen and oxygen atoms in total. The predicted octanol–water partition coefficient (Wildman–Crippen LogP) is 1.86. The normalized spacial score (nSPS) is 13.8. The van der Waals surface area contributed by atoms with Gasteiger partial charge in [-0.15, -0.1) is 0 Å². The predicted molar refractivity (Wildman–Crippen MR) is 91.7 cm³/mol. The van der Waals surface area contributed by atoms with Crippen molar-refractivity contribution in [3.63, 3.8) is 0 Å². The molecule has 23 heavy (non-hydrogen) atoms. The number of rotatable bonds is 6. The minimum absolute atomic E-state index is 0.630. The Bertz CT molecular complexity index is 673. The molecule has 0 fully saturated rings. The molecule has 1 aromatic carbocycles. The van der Waals surface area contributed by atoms with Crippen LogP contribution in [0.3, 0.4) is 0 Å². The summed E-state index contributed by atoms with van der Waals surface area (Å²) in [6.45, 7) is 1.37. The Labute approximate surface area is 139 Å². The van der Waals surface area contributed by atoms with Gasteiger partial charge in [0.2, 0.25) is 12.4 Å². The van der Waals surface area contributed by atoms with E-state index in [0.717, 1.165) is 17.9 Å². The van der Waals surface area contributed by atoms with E-state index in [-0.39, 0.29) is 0 Å². The lowest BCUT2D eigenvalue weighted by molar-refractivity contribution is -0.722. The molecule has 0 amide bonds. The SMILES string of the molecule is CN(C)C[n+]1ccccc1C(C#N)(CN(C)C)c1ccccc1. The maximum Gasteiger partial charge on any atom is 0.208 e. The first-order valence-corrected chi connectivity index (χ1v) is 7.75. The van der Waals surface area contributed by atoms with Gasteiger partial charge in [0.05, 0.1) is 6.07 Å². The topological polar surface area (TPSA) is 34.1 Å². The maximum absolute atomic E-state index is 10.2. The van der Waals surface area contributed by atoms with Gasteiger partial charge in [-0.2, -0.15) is 9.83 Å². The second-order valence-electron chi connectivity index (χ2n) is 6.40. The lowest BCUT2D eigenvalue weighted by Crippen LogP contribution is -2.52. The summed E-state index contributed by atoms with van der Waals surface area (Å²) < 4.78 is 2.15. The van der Waals surface area contributed by atoms with E-state index in [4.69, 9.17) is 0 Å². The molecule has 1 aromatic heterocycles. The standard InChI is InChI=1S/C19H25N4/c1-21(2)15-19(14-20,17-10-6-5-7-11-17)18-12-8-9-13-23(18)16-22(3)4/h5-13H,15-16H2,1-4H3/q+1. The van der Waals surface area contributed by atoms with Crippen molar-refractivity contribution in [3.8, 4) is 6.07 Å². The monoisotopic (exact) mass is 309 g/mol.